The zero-order valence-electron chi connectivity index (χ0n) is 12.7. The van der Waals surface area contributed by atoms with E-state index in [9.17, 15) is 0 Å². The van der Waals surface area contributed by atoms with Crippen LogP contribution in [0.2, 0.25) is 0 Å². The number of nitrogens with one attached hydrogen (secondary N) is 1. The fraction of sp³-hybridized carbons (Fsp3) is 0.412. The van der Waals surface area contributed by atoms with Gasteiger partial charge >= 0.3 is 0 Å². The molecule has 0 bridgehead atoms. The van der Waals surface area contributed by atoms with Gasteiger partial charge in [-0.15, -0.1) is 10.2 Å². The van der Waals surface area contributed by atoms with Gasteiger partial charge in [-0.1, -0.05) is 18.2 Å². The first-order valence-corrected chi connectivity index (χ1v) is 7.86. The topological polar surface area (TPSA) is 55.9 Å². The Bertz CT molecular complexity index is 756. The number of para-hydroxylation sites is 1. The molecule has 0 saturated carbocycles. The average molecular weight is 296 g/mol. The van der Waals surface area contributed by atoms with Gasteiger partial charge in [-0.25, -0.2) is 0 Å². The molecule has 1 aliphatic heterocycles. The third-order valence-electron chi connectivity index (χ3n) is 4.44. The Morgan fingerprint density at radius 3 is 3.14 bits per heavy atom. The molecule has 0 amide bonds. The van der Waals surface area contributed by atoms with Crippen LogP contribution in [-0.2, 0) is 19.5 Å². The van der Waals surface area contributed by atoms with Crippen LogP contribution in [0, 0.1) is 12.8 Å². The fourth-order valence-corrected chi connectivity index (χ4v) is 3.22. The normalized spacial score (nSPS) is 17.8. The highest BCUT2D eigenvalue weighted by molar-refractivity contribution is 5.77. The quantitative estimate of drug-likeness (QED) is 0.804. The third kappa shape index (κ3) is 2.52. The second-order valence-electron chi connectivity index (χ2n) is 6.06. The number of aromatic nitrogens is 3. The monoisotopic (exact) mass is 296 g/mol. The molecule has 2 aromatic heterocycles. The molecule has 0 unspecified atom stereocenters. The summed E-state index contributed by atoms with van der Waals surface area (Å²) >= 11 is 0. The number of aryl methyl sites for hydroxylation is 2. The first-order valence-electron chi connectivity index (χ1n) is 7.86. The summed E-state index contributed by atoms with van der Waals surface area (Å²) in [7, 11) is 0. The van der Waals surface area contributed by atoms with Gasteiger partial charge in [0.25, 0.3) is 0 Å². The van der Waals surface area contributed by atoms with Crippen molar-refractivity contribution >= 4 is 11.0 Å². The molecule has 1 aromatic carbocycles. The number of hydrogen-bond donors (Lipinski definition) is 1. The molecule has 5 heteroatoms. The highest BCUT2D eigenvalue weighted by Crippen LogP contribution is 2.20. The number of furan rings is 1. The maximum Gasteiger partial charge on any atom is 0.134 e. The molecular formula is C17H20N4O. The van der Waals surface area contributed by atoms with E-state index in [-0.39, 0.29) is 0 Å². The summed E-state index contributed by atoms with van der Waals surface area (Å²) in [4.78, 5) is 0. The van der Waals surface area contributed by atoms with Crippen LogP contribution >= 0.6 is 0 Å². The van der Waals surface area contributed by atoms with E-state index in [0.717, 1.165) is 49.0 Å². The van der Waals surface area contributed by atoms with E-state index in [1.165, 1.54) is 11.8 Å². The smallest absolute Gasteiger partial charge is 0.134 e. The Balaban J connectivity index is 1.35. The van der Waals surface area contributed by atoms with Crippen molar-refractivity contribution in [1.82, 2.24) is 20.1 Å². The maximum atomic E-state index is 5.83. The van der Waals surface area contributed by atoms with Gasteiger partial charge in [-0.05, 0) is 31.4 Å². The lowest BCUT2D eigenvalue weighted by Crippen LogP contribution is -2.30. The van der Waals surface area contributed by atoms with E-state index >= 15 is 0 Å². The van der Waals surface area contributed by atoms with Gasteiger partial charge in [0.15, 0.2) is 0 Å². The molecule has 5 nitrogen and oxygen atoms in total. The summed E-state index contributed by atoms with van der Waals surface area (Å²) in [6, 6.07) is 10.3. The van der Waals surface area contributed by atoms with Crippen molar-refractivity contribution in [2.45, 2.75) is 32.9 Å². The van der Waals surface area contributed by atoms with E-state index in [0.29, 0.717) is 5.92 Å². The summed E-state index contributed by atoms with van der Waals surface area (Å²) in [6.45, 7) is 4.81. The van der Waals surface area contributed by atoms with Gasteiger partial charge in [0.1, 0.15) is 23.0 Å². The molecule has 1 atom stereocenters. The molecule has 0 saturated heterocycles. The lowest BCUT2D eigenvalue weighted by atomic mass is 9.99. The number of benzene rings is 1. The Hall–Kier alpha value is -2.14. The highest BCUT2D eigenvalue weighted by atomic mass is 16.3. The van der Waals surface area contributed by atoms with Crippen molar-refractivity contribution in [2.24, 2.45) is 5.92 Å². The summed E-state index contributed by atoms with van der Waals surface area (Å²) < 4.78 is 8.08. The zero-order chi connectivity index (χ0) is 14.9. The lowest BCUT2D eigenvalue weighted by molar-refractivity contribution is 0.339. The van der Waals surface area contributed by atoms with E-state index in [1.807, 2.05) is 25.1 Å². The van der Waals surface area contributed by atoms with Crippen molar-refractivity contribution in [2.75, 3.05) is 6.54 Å². The molecule has 1 aliphatic rings. The maximum absolute atomic E-state index is 5.83. The molecule has 0 aliphatic carbocycles. The Kier molecular flexibility index (Phi) is 3.42. The number of hydrogen-bond acceptors (Lipinski definition) is 4. The van der Waals surface area contributed by atoms with E-state index < -0.39 is 0 Å². The lowest BCUT2D eigenvalue weighted by Gasteiger charge is -2.24. The van der Waals surface area contributed by atoms with Gasteiger partial charge in [0.2, 0.25) is 0 Å². The van der Waals surface area contributed by atoms with Crippen molar-refractivity contribution < 1.29 is 4.42 Å². The highest BCUT2D eigenvalue weighted by Gasteiger charge is 2.21. The van der Waals surface area contributed by atoms with E-state index in [2.05, 4.69) is 32.2 Å². The predicted octanol–water partition coefficient (Wildman–Crippen LogP) is 2.68. The van der Waals surface area contributed by atoms with Crippen LogP contribution in [-0.4, -0.2) is 21.3 Å². The van der Waals surface area contributed by atoms with Gasteiger partial charge in [-0.2, -0.15) is 0 Å². The SMILES string of the molecule is Cc1nnc2n1C[C@H](CNCc1cc3ccccc3o1)CC2. The molecule has 22 heavy (non-hydrogen) atoms. The molecule has 0 radical (unpaired) electrons. The van der Waals surface area contributed by atoms with E-state index in [1.54, 1.807) is 0 Å². The van der Waals surface area contributed by atoms with Gasteiger partial charge in [0, 0.05) is 24.9 Å². The summed E-state index contributed by atoms with van der Waals surface area (Å²) in [5, 5.41) is 13.1. The average Bonchev–Trinajstić information content (AvgIpc) is 3.11. The molecule has 3 aromatic rings. The molecule has 4 rings (SSSR count). The van der Waals surface area contributed by atoms with Crippen LogP contribution in [0.4, 0.5) is 0 Å². The van der Waals surface area contributed by atoms with Gasteiger partial charge in [0.05, 0.1) is 6.54 Å². The van der Waals surface area contributed by atoms with Crippen molar-refractivity contribution in [3.05, 3.63) is 47.7 Å². The summed E-state index contributed by atoms with van der Waals surface area (Å²) in [6.07, 6.45) is 2.20. The first kappa shape index (κ1) is 13.5. The van der Waals surface area contributed by atoms with Crippen LogP contribution in [0.1, 0.15) is 23.8 Å². The second kappa shape index (κ2) is 5.57. The zero-order valence-corrected chi connectivity index (χ0v) is 12.7. The third-order valence-corrected chi connectivity index (χ3v) is 4.44. The first-order chi connectivity index (χ1) is 10.8. The van der Waals surface area contributed by atoms with Crippen LogP contribution in [0.3, 0.4) is 0 Å². The fourth-order valence-electron chi connectivity index (χ4n) is 3.22. The minimum Gasteiger partial charge on any atom is -0.460 e. The second-order valence-corrected chi connectivity index (χ2v) is 6.06. The Morgan fingerprint density at radius 1 is 1.32 bits per heavy atom. The van der Waals surface area contributed by atoms with Crippen molar-refractivity contribution in [1.29, 1.82) is 0 Å². The largest absolute Gasteiger partial charge is 0.460 e. The number of nitrogens with zero attached hydrogens (tertiary/aromatic N) is 3. The number of fused-ring (bicyclic) bond motifs is 2. The minimum atomic E-state index is 0.631. The molecule has 114 valence electrons. The summed E-state index contributed by atoms with van der Waals surface area (Å²) in [5.41, 5.74) is 0.960. The molecule has 1 N–H and O–H groups in total. The molecule has 0 spiro atoms. The Morgan fingerprint density at radius 2 is 2.23 bits per heavy atom. The molecule has 0 fully saturated rings. The van der Waals surface area contributed by atoms with Crippen LogP contribution in [0.5, 0.6) is 0 Å². The van der Waals surface area contributed by atoms with Gasteiger partial charge < -0.3 is 14.3 Å². The minimum absolute atomic E-state index is 0.631. The van der Waals surface area contributed by atoms with Crippen molar-refractivity contribution in [3.63, 3.8) is 0 Å². The van der Waals surface area contributed by atoms with Crippen molar-refractivity contribution in [3.8, 4) is 0 Å². The van der Waals surface area contributed by atoms with Crippen LogP contribution in [0.15, 0.2) is 34.7 Å². The molecular weight excluding hydrogens is 276 g/mol. The predicted molar refractivity (Wildman–Crippen MR) is 84.5 cm³/mol. The number of rotatable bonds is 4. The Labute approximate surface area is 129 Å². The standard InChI is InChI=1S/C17H20N4O/c1-12-19-20-17-7-6-13(11-21(12)17)9-18-10-15-8-14-4-2-3-5-16(14)22-15/h2-5,8,13,18H,6-7,9-11H2,1H3/t13-/m0/s1. The summed E-state index contributed by atoms with van der Waals surface area (Å²) in [5.74, 6) is 3.78. The van der Waals surface area contributed by atoms with Gasteiger partial charge in [-0.3, -0.25) is 0 Å². The van der Waals surface area contributed by atoms with E-state index in [4.69, 9.17) is 4.42 Å². The van der Waals surface area contributed by atoms with Crippen LogP contribution < -0.4 is 5.32 Å². The molecule has 3 heterocycles. The van der Waals surface area contributed by atoms with Crippen LogP contribution in [0.25, 0.3) is 11.0 Å².